The summed E-state index contributed by atoms with van der Waals surface area (Å²) < 4.78 is 6.48. The molecule has 0 aromatic heterocycles. The molecule has 1 heterocycles. The Morgan fingerprint density at radius 1 is 1.63 bits per heavy atom. The second kappa shape index (κ2) is 6.25. The summed E-state index contributed by atoms with van der Waals surface area (Å²) in [6.07, 6.45) is 1.30. The minimum Gasteiger partial charge on any atom is -0.409 e. The summed E-state index contributed by atoms with van der Waals surface area (Å²) in [6, 6.07) is 5.83. The van der Waals surface area contributed by atoms with E-state index in [1.54, 1.807) is 0 Å². The van der Waals surface area contributed by atoms with Crippen molar-refractivity contribution in [2.24, 2.45) is 10.9 Å². The van der Waals surface area contributed by atoms with Crippen LogP contribution >= 0.6 is 15.9 Å². The summed E-state index contributed by atoms with van der Waals surface area (Å²) in [7, 11) is 0. The molecule has 3 N–H and O–H groups in total. The number of hydrogen-bond donors (Lipinski definition) is 2. The number of hydrogen-bond acceptors (Lipinski definition) is 4. The average molecular weight is 328 g/mol. The maximum Gasteiger partial charge on any atom is 0.171 e. The molecule has 2 rings (SSSR count). The number of amidine groups is 1. The third kappa shape index (κ3) is 3.19. The van der Waals surface area contributed by atoms with Crippen molar-refractivity contribution in [3.63, 3.8) is 0 Å². The smallest absolute Gasteiger partial charge is 0.171 e. The summed E-state index contributed by atoms with van der Waals surface area (Å²) in [5.74, 6) is 0.104. The molecule has 1 aliphatic heterocycles. The highest BCUT2D eigenvalue weighted by Gasteiger charge is 2.19. The lowest BCUT2D eigenvalue weighted by Crippen LogP contribution is -2.42. The van der Waals surface area contributed by atoms with Crippen LogP contribution < -0.4 is 10.6 Å². The van der Waals surface area contributed by atoms with E-state index in [9.17, 15) is 0 Å². The molecule has 5 nitrogen and oxygen atoms in total. The first-order chi connectivity index (χ1) is 9.15. The van der Waals surface area contributed by atoms with Crippen LogP contribution in [0.2, 0.25) is 0 Å². The minimum atomic E-state index is 0.104. The van der Waals surface area contributed by atoms with Crippen molar-refractivity contribution in [3.8, 4) is 0 Å². The van der Waals surface area contributed by atoms with Crippen molar-refractivity contribution in [2.75, 3.05) is 24.6 Å². The van der Waals surface area contributed by atoms with Crippen molar-refractivity contribution in [3.05, 3.63) is 28.2 Å². The molecule has 19 heavy (non-hydrogen) atoms. The number of benzene rings is 1. The molecule has 1 saturated heterocycles. The molecule has 0 saturated carbocycles. The van der Waals surface area contributed by atoms with E-state index in [0.717, 1.165) is 36.3 Å². The fourth-order valence-electron chi connectivity index (χ4n) is 2.16. The Hall–Kier alpha value is -1.27. The maximum atomic E-state index is 8.71. The van der Waals surface area contributed by atoms with E-state index in [1.165, 1.54) is 0 Å². The topological polar surface area (TPSA) is 71.1 Å². The number of rotatable bonds is 3. The van der Waals surface area contributed by atoms with E-state index in [4.69, 9.17) is 15.7 Å². The standard InChI is InChI=1S/C13H18BrN3O2/c1-2-10-8-17(5-6-19-10)9-3-4-11(12(14)7-9)13(15)16-18/h3-4,7,10,18H,2,5-6,8H2,1H3,(H2,15,16). The number of oxime groups is 1. The van der Waals surface area contributed by atoms with Gasteiger partial charge in [-0.2, -0.15) is 0 Å². The van der Waals surface area contributed by atoms with Gasteiger partial charge in [0.2, 0.25) is 0 Å². The molecular weight excluding hydrogens is 310 g/mol. The average Bonchev–Trinajstić information content (AvgIpc) is 2.46. The molecule has 0 spiro atoms. The Morgan fingerprint density at radius 3 is 3.05 bits per heavy atom. The summed E-state index contributed by atoms with van der Waals surface area (Å²) in [4.78, 5) is 2.29. The van der Waals surface area contributed by atoms with Crippen LogP contribution in [0.4, 0.5) is 5.69 Å². The van der Waals surface area contributed by atoms with Gasteiger partial charge in [-0.25, -0.2) is 0 Å². The van der Waals surface area contributed by atoms with Gasteiger partial charge in [0.15, 0.2) is 5.84 Å². The number of morpholine rings is 1. The number of halogens is 1. The third-order valence-corrected chi connectivity index (χ3v) is 3.95. The van der Waals surface area contributed by atoms with E-state index in [0.29, 0.717) is 5.56 Å². The first-order valence-electron chi connectivity index (χ1n) is 6.29. The Labute approximate surface area is 121 Å². The zero-order chi connectivity index (χ0) is 13.8. The molecule has 0 bridgehead atoms. The summed E-state index contributed by atoms with van der Waals surface area (Å²) in [6.45, 7) is 4.65. The van der Waals surface area contributed by atoms with Crippen molar-refractivity contribution >= 4 is 27.5 Å². The molecule has 6 heteroatoms. The third-order valence-electron chi connectivity index (χ3n) is 3.30. The van der Waals surface area contributed by atoms with Crippen LogP contribution in [-0.4, -0.2) is 36.8 Å². The largest absolute Gasteiger partial charge is 0.409 e. The predicted molar refractivity (Wildman–Crippen MR) is 78.9 cm³/mol. The number of nitrogens with two attached hydrogens (primary N) is 1. The molecule has 1 unspecified atom stereocenters. The normalized spacial score (nSPS) is 20.6. The SMILES string of the molecule is CCC1CN(c2ccc(/C(N)=N/O)c(Br)c2)CCO1. The van der Waals surface area contributed by atoms with Crippen molar-refractivity contribution in [1.29, 1.82) is 0 Å². The highest BCUT2D eigenvalue weighted by molar-refractivity contribution is 9.10. The molecule has 1 atom stereocenters. The highest BCUT2D eigenvalue weighted by Crippen LogP contribution is 2.25. The lowest BCUT2D eigenvalue weighted by Gasteiger charge is -2.34. The van der Waals surface area contributed by atoms with Gasteiger partial charge in [-0.15, -0.1) is 0 Å². The van der Waals surface area contributed by atoms with E-state index in [-0.39, 0.29) is 11.9 Å². The Bertz CT molecular complexity index is 479. The number of nitrogens with zero attached hydrogens (tertiary/aromatic N) is 2. The van der Waals surface area contributed by atoms with E-state index >= 15 is 0 Å². The van der Waals surface area contributed by atoms with Crippen LogP contribution in [-0.2, 0) is 4.74 Å². The van der Waals surface area contributed by atoms with Gasteiger partial charge in [0.05, 0.1) is 12.7 Å². The first-order valence-corrected chi connectivity index (χ1v) is 7.09. The second-order valence-corrected chi connectivity index (χ2v) is 5.35. The minimum absolute atomic E-state index is 0.104. The van der Waals surface area contributed by atoms with Gasteiger partial charge in [0, 0.05) is 28.8 Å². The molecular formula is C13H18BrN3O2. The maximum absolute atomic E-state index is 8.71. The van der Waals surface area contributed by atoms with E-state index < -0.39 is 0 Å². The van der Waals surface area contributed by atoms with Gasteiger partial charge in [-0.3, -0.25) is 0 Å². The Balaban J connectivity index is 2.20. The van der Waals surface area contributed by atoms with E-state index in [2.05, 4.69) is 32.9 Å². The van der Waals surface area contributed by atoms with Crippen molar-refractivity contribution < 1.29 is 9.94 Å². The predicted octanol–water partition coefficient (Wildman–Crippen LogP) is 2.16. The lowest BCUT2D eigenvalue weighted by molar-refractivity contribution is 0.0384. The van der Waals surface area contributed by atoms with Crippen LogP contribution in [0.1, 0.15) is 18.9 Å². The molecule has 1 aromatic rings. The Kier molecular flexibility index (Phi) is 4.66. The van der Waals surface area contributed by atoms with Gasteiger partial charge < -0.3 is 20.6 Å². The van der Waals surface area contributed by atoms with Gasteiger partial charge in [0.1, 0.15) is 0 Å². The van der Waals surface area contributed by atoms with Crippen LogP contribution in [0.15, 0.2) is 27.8 Å². The molecule has 1 aromatic carbocycles. The zero-order valence-electron chi connectivity index (χ0n) is 10.8. The monoisotopic (exact) mass is 327 g/mol. The van der Waals surface area contributed by atoms with Gasteiger partial charge in [-0.05, 0) is 40.5 Å². The molecule has 1 aliphatic rings. The van der Waals surface area contributed by atoms with Crippen molar-refractivity contribution in [2.45, 2.75) is 19.4 Å². The second-order valence-electron chi connectivity index (χ2n) is 4.50. The molecule has 0 radical (unpaired) electrons. The van der Waals surface area contributed by atoms with Crippen LogP contribution in [0, 0.1) is 0 Å². The molecule has 104 valence electrons. The highest BCUT2D eigenvalue weighted by atomic mass is 79.9. The lowest BCUT2D eigenvalue weighted by atomic mass is 10.1. The van der Waals surface area contributed by atoms with Crippen molar-refractivity contribution in [1.82, 2.24) is 0 Å². The first kappa shape index (κ1) is 14.1. The fraction of sp³-hybridized carbons (Fsp3) is 0.462. The van der Waals surface area contributed by atoms with E-state index in [1.807, 2.05) is 18.2 Å². The number of ether oxygens (including phenoxy) is 1. The molecule has 1 fully saturated rings. The number of anilines is 1. The fourth-order valence-corrected chi connectivity index (χ4v) is 2.73. The van der Waals surface area contributed by atoms with Crippen LogP contribution in [0.25, 0.3) is 0 Å². The zero-order valence-corrected chi connectivity index (χ0v) is 12.4. The van der Waals surface area contributed by atoms with Gasteiger partial charge in [0.25, 0.3) is 0 Å². The van der Waals surface area contributed by atoms with Crippen LogP contribution in [0.5, 0.6) is 0 Å². The van der Waals surface area contributed by atoms with Gasteiger partial charge in [-0.1, -0.05) is 12.1 Å². The summed E-state index contributed by atoms with van der Waals surface area (Å²) in [5, 5.41) is 11.7. The molecule has 0 amide bonds. The quantitative estimate of drug-likeness (QED) is 0.386. The summed E-state index contributed by atoms with van der Waals surface area (Å²) in [5.41, 5.74) is 7.40. The Morgan fingerprint density at radius 2 is 2.42 bits per heavy atom. The van der Waals surface area contributed by atoms with Crippen LogP contribution in [0.3, 0.4) is 0 Å². The van der Waals surface area contributed by atoms with Gasteiger partial charge >= 0.3 is 0 Å². The molecule has 0 aliphatic carbocycles. The summed E-state index contributed by atoms with van der Waals surface area (Å²) >= 11 is 3.46.